The van der Waals surface area contributed by atoms with Crippen LogP contribution in [0.5, 0.6) is 0 Å². The Morgan fingerprint density at radius 1 is 1.58 bits per heavy atom. The van der Waals surface area contributed by atoms with E-state index in [0.717, 1.165) is 6.54 Å². The van der Waals surface area contributed by atoms with Crippen LogP contribution in [-0.2, 0) is 0 Å². The Hall–Kier alpha value is -0.380. The molecule has 0 aromatic carbocycles. The van der Waals surface area contributed by atoms with Gasteiger partial charge < -0.3 is 10.4 Å². The first kappa shape index (κ1) is 9.71. The fourth-order valence-corrected chi connectivity index (χ4v) is 2.14. The Bertz CT molecular complexity index is 234. The third-order valence-electron chi connectivity index (χ3n) is 1.83. The predicted molar refractivity (Wildman–Crippen MR) is 52.8 cm³/mol. The summed E-state index contributed by atoms with van der Waals surface area (Å²) in [6.45, 7) is 3.15. The van der Waals surface area contributed by atoms with Crippen LogP contribution in [0.4, 0.5) is 0 Å². The number of rotatable bonds is 4. The average molecular weight is 185 g/mol. The highest BCUT2D eigenvalue weighted by atomic mass is 32.1. The summed E-state index contributed by atoms with van der Waals surface area (Å²) >= 11 is 1.76. The average Bonchev–Trinajstić information content (AvgIpc) is 2.47. The maximum absolute atomic E-state index is 9.09. The van der Waals surface area contributed by atoms with E-state index < -0.39 is 0 Å². The number of likely N-dealkylation sites (N-methyl/N-ethyl adjacent to an activating group) is 1. The summed E-state index contributed by atoms with van der Waals surface area (Å²) in [7, 11) is 1.91. The number of aliphatic hydroxyl groups is 1. The van der Waals surface area contributed by atoms with Crippen LogP contribution in [0.3, 0.4) is 0 Å². The number of nitrogens with one attached hydrogen (secondary N) is 1. The lowest BCUT2D eigenvalue weighted by Crippen LogP contribution is -2.19. The summed E-state index contributed by atoms with van der Waals surface area (Å²) in [5.74, 6) is 0.258. The molecule has 0 saturated carbocycles. The molecular weight excluding hydrogens is 170 g/mol. The van der Waals surface area contributed by atoms with Crippen molar-refractivity contribution in [1.82, 2.24) is 5.32 Å². The van der Waals surface area contributed by atoms with Gasteiger partial charge >= 0.3 is 0 Å². The zero-order valence-corrected chi connectivity index (χ0v) is 8.32. The second-order valence-electron chi connectivity index (χ2n) is 2.89. The molecule has 3 heteroatoms. The molecule has 0 bridgehead atoms. The van der Waals surface area contributed by atoms with E-state index in [0.29, 0.717) is 0 Å². The maximum Gasteiger partial charge on any atom is 0.0519 e. The van der Waals surface area contributed by atoms with Gasteiger partial charge in [-0.05, 0) is 26.1 Å². The zero-order chi connectivity index (χ0) is 8.97. The third kappa shape index (κ3) is 2.30. The quantitative estimate of drug-likeness (QED) is 0.742. The highest BCUT2D eigenvalue weighted by Crippen LogP contribution is 2.23. The monoisotopic (exact) mass is 185 g/mol. The molecule has 68 valence electrons. The molecule has 0 aliphatic rings. The van der Waals surface area contributed by atoms with E-state index in [4.69, 9.17) is 5.11 Å². The van der Waals surface area contributed by atoms with Crippen molar-refractivity contribution >= 4 is 11.3 Å². The molecule has 2 nitrogen and oxygen atoms in total. The molecule has 0 radical (unpaired) electrons. The molecule has 0 saturated heterocycles. The zero-order valence-electron chi connectivity index (χ0n) is 7.50. The standard InChI is InChI=1S/C9H15NOS/c1-7-3-4-9(12-7)8(6-11)5-10-2/h3-4,8,10-11H,5-6H2,1-2H3. The lowest BCUT2D eigenvalue weighted by atomic mass is 10.1. The van der Waals surface area contributed by atoms with Gasteiger partial charge in [-0.3, -0.25) is 0 Å². The number of aliphatic hydroxyl groups excluding tert-OH is 1. The van der Waals surface area contributed by atoms with E-state index in [2.05, 4.69) is 24.4 Å². The number of hydrogen-bond acceptors (Lipinski definition) is 3. The first-order chi connectivity index (χ1) is 5.77. The normalized spacial score (nSPS) is 13.2. The number of hydrogen-bond donors (Lipinski definition) is 2. The molecule has 1 unspecified atom stereocenters. The maximum atomic E-state index is 9.09. The molecule has 1 rings (SSSR count). The van der Waals surface area contributed by atoms with Crippen LogP contribution >= 0.6 is 11.3 Å². The van der Waals surface area contributed by atoms with Gasteiger partial charge in [0.25, 0.3) is 0 Å². The minimum Gasteiger partial charge on any atom is -0.396 e. The molecular formula is C9H15NOS. The molecule has 1 heterocycles. The minimum atomic E-state index is 0.223. The summed E-state index contributed by atoms with van der Waals surface area (Å²) in [4.78, 5) is 2.57. The first-order valence-corrected chi connectivity index (χ1v) is 4.91. The van der Waals surface area contributed by atoms with Gasteiger partial charge in [-0.1, -0.05) is 0 Å². The van der Waals surface area contributed by atoms with Crippen molar-refractivity contribution in [3.8, 4) is 0 Å². The van der Waals surface area contributed by atoms with Crippen LogP contribution in [0, 0.1) is 6.92 Å². The van der Waals surface area contributed by atoms with Gasteiger partial charge in [0.15, 0.2) is 0 Å². The Morgan fingerprint density at radius 3 is 2.75 bits per heavy atom. The number of aryl methyl sites for hydroxylation is 1. The summed E-state index contributed by atoms with van der Waals surface area (Å²) in [6.07, 6.45) is 0. The van der Waals surface area contributed by atoms with Crippen molar-refractivity contribution < 1.29 is 5.11 Å². The molecule has 0 aliphatic carbocycles. The first-order valence-electron chi connectivity index (χ1n) is 4.09. The Labute approximate surface area is 77.2 Å². The van der Waals surface area contributed by atoms with Gasteiger partial charge in [0.2, 0.25) is 0 Å². The number of thiophene rings is 1. The Kier molecular flexibility index (Phi) is 3.72. The minimum absolute atomic E-state index is 0.223. The van der Waals surface area contributed by atoms with Crippen LogP contribution in [0.15, 0.2) is 12.1 Å². The highest BCUT2D eigenvalue weighted by Gasteiger charge is 2.10. The van der Waals surface area contributed by atoms with E-state index in [1.165, 1.54) is 9.75 Å². The van der Waals surface area contributed by atoms with E-state index in [-0.39, 0.29) is 12.5 Å². The summed E-state index contributed by atoms with van der Waals surface area (Å²) in [6, 6.07) is 4.19. The largest absolute Gasteiger partial charge is 0.396 e. The molecule has 12 heavy (non-hydrogen) atoms. The van der Waals surface area contributed by atoms with E-state index in [1.54, 1.807) is 11.3 Å². The second kappa shape index (κ2) is 4.60. The van der Waals surface area contributed by atoms with Crippen LogP contribution in [-0.4, -0.2) is 25.3 Å². The molecule has 0 fully saturated rings. The molecule has 1 aromatic heterocycles. The van der Waals surface area contributed by atoms with Gasteiger partial charge in [-0.25, -0.2) is 0 Å². The second-order valence-corrected chi connectivity index (χ2v) is 4.21. The molecule has 0 amide bonds. The van der Waals surface area contributed by atoms with Crippen molar-refractivity contribution in [2.75, 3.05) is 20.2 Å². The lowest BCUT2D eigenvalue weighted by Gasteiger charge is -2.10. The van der Waals surface area contributed by atoms with Crippen LogP contribution in [0.2, 0.25) is 0 Å². The Morgan fingerprint density at radius 2 is 2.33 bits per heavy atom. The van der Waals surface area contributed by atoms with E-state index in [9.17, 15) is 0 Å². The topological polar surface area (TPSA) is 32.3 Å². The van der Waals surface area contributed by atoms with E-state index in [1.807, 2.05) is 7.05 Å². The Balaban J connectivity index is 2.66. The van der Waals surface area contributed by atoms with Crippen molar-refractivity contribution in [2.45, 2.75) is 12.8 Å². The summed E-state index contributed by atoms with van der Waals surface area (Å²) < 4.78 is 0. The van der Waals surface area contributed by atoms with Crippen molar-refractivity contribution in [3.63, 3.8) is 0 Å². The smallest absolute Gasteiger partial charge is 0.0519 e. The van der Waals surface area contributed by atoms with Crippen molar-refractivity contribution in [2.24, 2.45) is 0 Å². The van der Waals surface area contributed by atoms with Crippen molar-refractivity contribution in [1.29, 1.82) is 0 Å². The molecule has 1 atom stereocenters. The SMILES string of the molecule is CNCC(CO)c1ccc(C)s1. The van der Waals surface area contributed by atoms with Gasteiger partial charge in [0, 0.05) is 22.2 Å². The molecule has 1 aromatic rings. The summed E-state index contributed by atoms with van der Waals surface area (Å²) in [5.41, 5.74) is 0. The molecule has 0 aliphatic heterocycles. The van der Waals surface area contributed by atoms with Crippen LogP contribution in [0.1, 0.15) is 15.7 Å². The highest BCUT2D eigenvalue weighted by molar-refractivity contribution is 7.12. The fraction of sp³-hybridized carbons (Fsp3) is 0.556. The van der Waals surface area contributed by atoms with Crippen LogP contribution in [0.25, 0.3) is 0 Å². The van der Waals surface area contributed by atoms with Gasteiger partial charge in [-0.15, -0.1) is 11.3 Å². The molecule has 2 N–H and O–H groups in total. The predicted octanol–water partition coefficient (Wildman–Crippen LogP) is 1.35. The fourth-order valence-electron chi connectivity index (χ4n) is 1.17. The third-order valence-corrected chi connectivity index (χ3v) is 3.00. The van der Waals surface area contributed by atoms with Gasteiger partial charge in [0.1, 0.15) is 0 Å². The molecule has 0 spiro atoms. The lowest BCUT2D eigenvalue weighted by molar-refractivity contribution is 0.265. The van der Waals surface area contributed by atoms with E-state index >= 15 is 0 Å². The van der Waals surface area contributed by atoms with Crippen molar-refractivity contribution in [3.05, 3.63) is 21.9 Å². The van der Waals surface area contributed by atoms with Crippen LogP contribution < -0.4 is 5.32 Å². The summed E-state index contributed by atoms with van der Waals surface area (Å²) in [5, 5.41) is 12.2. The van der Waals surface area contributed by atoms with Gasteiger partial charge in [0.05, 0.1) is 6.61 Å². The van der Waals surface area contributed by atoms with Gasteiger partial charge in [-0.2, -0.15) is 0 Å².